The highest BCUT2D eigenvalue weighted by molar-refractivity contribution is 5.01. The van der Waals surface area contributed by atoms with Crippen LogP contribution in [0.4, 0.5) is 0 Å². The summed E-state index contributed by atoms with van der Waals surface area (Å²) >= 11 is 0. The van der Waals surface area contributed by atoms with Crippen LogP contribution in [0.15, 0.2) is 0 Å². The van der Waals surface area contributed by atoms with Gasteiger partial charge in [0.15, 0.2) is 0 Å². The molecule has 1 atom stereocenters. The number of hydrogen-bond donors (Lipinski definition) is 2. The van der Waals surface area contributed by atoms with E-state index in [4.69, 9.17) is 0 Å². The molecule has 0 saturated heterocycles. The third-order valence-corrected chi connectivity index (χ3v) is 5.37. The van der Waals surface area contributed by atoms with Gasteiger partial charge in [-0.15, -0.1) is 0 Å². The van der Waals surface area contributed by atoms with Crippen molar-refractivity contribution in [3.8, 4) is 0 Å². The molecule has 4 aliphatic rings. The second-order valence-corrected chi connectivity index (χ2v) is 6.41. The third-order valence-electron chi connectivity index (χ3n) is 5.37. The Morgan fingerprint density at radius 3 is 2.06 bits per heavy atom. The standard InChI is InChI=1S/C14H25NO/c1-2-13(8-16)15-14-11-4-9-3-10(6-11)7-12(14)5-9/h9-16H,2-8H2,1H3. The van der Waals surface area contributed by atoms with Crippen molar-refractivity contribution >= 4 is 0 Å². The highest BCUT2D eigenvalue weighted by Crippen LogP contribution is 2.53. The molecule has 2 N–H and O–H groups in total. The summed E-state index contributed by atoms with van der Waals surface area (Å²) in [6, 6.07) is 1.06. The van der Waals surface area contributed by atoms with Crippen molar-refractivity contribution < 1.29 is 5.11 Å². The van der Waals surface area contributed by atoms with Crippen LogP contribution in [0.1, 0.15) is 45.4 Å². The predicted molar refractivity (Wildman–Crippen MR) is 65.1 cm³/mol. The van der Waals surface area contributed by atoms with Crippen LogP contribution < -0.4 is 5.32 Å². The molecule has 0 heterocycles. The quantitative estimate of drug-likeness (QED) is 0.765. The first-order chi connectivity index (χ1) is 7.80. The van der Waals surface area contributed by atoms with Crippen molar-refractivity contribution in [3.63, 3.8) is 0 Å². The summed E-state index contributed by atoms with van der Waals surface area (Å²) in [5.74, 6) is 3.96. The molecule has 4 aliphatic carbocycles. The van der Waals surface area contributed by atoms with Gasteiger partial charge in [0.25, 0.3) is 0 Å². The number of aliphatic hydroxyl groups excluding tert-OH is 1. The maximum atomic E-state index is 9.32. The van der Waals surface area contributed by atoms with Gasteiger partial charge in [0.05, 0.1) is 6.61 Å². The monoisotopic (exact) mass is 223 g/mol. The summed E-state index contributed by atoms with van der Waals surface area (Å²) in [6.45, 7) is 2.48. The lowest BCUT2D eigenvalue weighted by atomic mass is 9.54. The molecule has 0 aliphatic heterocycles. The fourth-order valence-corrected chi connectivity index (χ4v) is 4.77. The van der Waals surface area contributed by atoms with Gasteiger partial charge in [0.2, 0.25) is 0 Å². The SMILES string of the molecule is CCC(CO)NC1C2CC3CC(C2)CC1C3. The van der Waals surface area contributed by atoms with Gasteiger partial charge in [-0.1, -0.05) is 6.92 Å². The van der Waals surface area contributed by atoms with Crippen LogP contribution in [-0.2, 0) is 0 Å². The maximum absolute atomic E-state index is 9.32. The zero-order chi connectivity index (χ0) is 11.1. The van der Waals surface area contributed by atoms with E-state index in [-0.39, 0.29) is 0 Å². The molecular formula is C14H25NO. The zero-order valence-corrected chi connectivity index (χ0v) is 10.4. The summed E-state index contributed by atoms with van der Waals surface area (Å²) < 4.78 is 0. The molecule has 0 aromatic carbocycles. The van der Waals surface area contributed by atoms with Crippen molar-refractivity contribution in [1.82, 2.24) is 5.32 Å². The number of hydrogen-bond acceptors (Lipinski definition) is 2. The van der Waals surface area contributed by atoms with E-state index in [0.29, 0.717) is 12.6 Å². The minimum absolute atomic E-state index is 0.305. The number of aliphatic hydroxyl groups is 1. The Morgan fingerprint density at radius 1 is 1.06 bits per heavy atom. The summed E-state index contributed by atoms with van der Waals surface area (Å²) in [5.41, 5.74) is 0. The van der Waals surface area contributed by atoms with Crippen molar-refractivity contribution in [2.45, 2.75) is 57.5 Å². The molecule has 0 aromatic rings. The topological polar surface area (TPSA) is 32.3 Å². The largest absolute Gasteiger partial charge is 0.395 e. The van der Waals surface area contributed by atoms with Crippen LogP contribution in [0, 0.1) is 23.7 Å². The molecule has 0 aromatic heterocycles. The van der Waals surface area contributed by atoms with Crippen molar-refractivity contribution in [1.29, 1.82) is 0 Å². The first kappa shape index (κ1) is 11.0. The molecule has 4 fully saturated rings. The Bertz CT molecular complexity index is 221. The predicted octanol–water partition coefficient (Wildman–Crippen LogP) is 2.17. The van der Waals surface area contributed by atoms with E-state index in [0.717, 1.165) is 36.1 Å². The average Bonchev–Trinajstić information content (AvgIpc) is 2.28. The first-order valence-electron chi connectivity index (χ1n) is 7.17. The van der Waals surface area contributed by atoms with Gasteiger partial charge >= 0.3 is 0 Å². The molecule has 1 unspecified atom stereocenters. The maximum Gasteiger partial charge on any atom is 0.0584 e. The van der Waals surface area contributed by atoms with Crippen molar-refractivity contribution in [3.05, 3.63) is 0 Å². The van der Waals surface area contributed by atoms with Crippen LogP contribution in [-0.4, -0.2) is 23.8 Å². The van der Waals surface area contributed by atoms with Gasteiger partial charge in [-0.25, -0.2) is 0 Å². The smallest absolute Gasteiger partial charge is 0.0584 e. The Kier molecular flexibility index (Phi) is 2.97. The third kappa shape index (κ3) is 1.80. The number of rotatable bonds is 4. The van der Waals surface area contributed by atoms with E-state index < -0.39 is 0 Å². The highest BCUT2D eigenvalue weighted by Gasteiger charge is 2.48. The summed E-state index contributed by atoms with van der Waals surface area (Å²) in [4.78, 5) is 0. The van der Waals surface area contributed by atoms with Gasteiger partial charge in [0.1, 0.15) is 0 Å². The Morgan fingerprint density at radius 2 is 1.62 bits per heavy atom. The Balaban J connectivity index is 1.67. The average molecular weight is 223 g/mol. The summed E-state index contributed by atoms with van der Waals surface area (Å²) in [7, 11) is 0. The molecule has 16 heavy (non-hydrogen) atoms. The van der Waals surface area contributed by atoms with E-state index in [1.165, 1.54) is 32.1 Å². The van der Waals surface area contributed by atoms with E-state index in [1.807, 2.05) is 0 Å². The minimum atomic E-state index is 0.305. The van der Waals surface area contributed by atoms with Crippen molar-refractivity contribution in [2.24, 2.45) is 23.7 Å². The van der Waals surface area contributed by atoms with E-state index in [2.05, 4.69) is 12.2 Å². The molecule has 0 radical (unpaired) electrons. The molecule has 0 amide bonds. The second-order valence-electron chi connectivity index (χ2n) is 6.41. The molecule has 92 valence electrons. The summed E-state index contributed by atoms with van der Waals surface area (Å²) in [5, 5.41) is 13.1. The van der Waals surface area contributed by atoms with Crippen LogP contribution in [0.2, 0.25) is 0 Å². The minimum Gasteiger partial charge on any atom is -0.395 e. The highest BCUT2D eigenvalue weighted by atomic mass is 16.3. The van der Waals surface area contributed by atoms with Crippen LogP contribution >= 0.6 is 0 Å². The van der Waals surface area contributed by atoms with Gasteiger partial charge in [0, 0.05) is 12.1 Å². The van der Waals surface area contributed by atoms with Gasteiger partial charge in [-0.05, 0) is 62.2 Å². The zero-order valence-electron chi connectivity index (χ0n) is 10.4. The van der Waals surface area contributed by atoms with E-state index in [9.17, 15) is 5.11 Å². The fourth-order valence-electron chi connectivity index (χ4n) is 4.77. The second kappa shape index (κ2) is 4.30. The van der Waals surface area contributed by atoms with Gasteiger partial charge < -0.3 is 10.4 Å². The molecule has 4 saturated carbocycles. The number of nitrogens with one attached hydrogen (secondary N) is 1. The van der Waals surface area contributed by atoms with Gasteiger partial charge in [-0.3, -0.25) is 0 Å². The van der Waals surface area contributed by atoms with Gasteiger partial charge in [-0.2, -0.15) is 0 Å². The molecule has 4 rings (SSSR count). The van der Waals surface area contributed by atoms with E-state index >= 15 is 0 Å². The normalized spacial score (nSPS) is 47.2. The molecule has 2 nitrogen and oxygen atoms in total. The molecular weight excluding hydrogens is 198 g/mol. The molecule has 0 spiro atoms. The Labute approximate surface area is 98.8 Å². The van der Waals surface area contributed by atoms with Crippen LogP contribution in [0.5, 0.6) is 0 Å². The fraction of sp³-hybridized carbons (Fsp3) is 1.00. The first-order valence-corrected chi connectivity index (χ1v) is 7.17. The Hall–Kier alpha value is -0.0800. The van der Waals surface area contributed by atoms with Crippen LogP contribution in [0.3, 0.4) is 0 Å². The lowest BCUT2D eigenvalue weighted by molar-refractivity contribution is -0.0202. The summed E-state index contributed by atoms with van der Waals surface area (Å²) in [6.07, 6.45) is 8.44. The van der Waals surface area contributed by atoms with Crippen molar-refractivity contribution in [2.75, 3.05) is 6.61 Å². The lowest BCUT2D eigenvalue weighted by Gasteiger charge is -2.55. The lowest BCUT2D eigenvalue weighted by Crippen LogP contribution is -2.57. The van der Waals surface area contributed by atoms with E-state index in [1.54, 1.807) is 0 Å². The molecule has 4 bridgehead atoms. The molecule has 2 heteroatoms. The van der Waals surface area contributed by atoms with Crippen LogP contribution in [0.25, 0.3) is 0 Å².